The van der Waals surface area contributed by atoms with E-state index in [1.807, 2.05) is 13.8 Å². The Balaban J connectivity index is 3.61. The molecule has 0 saturated heterocycles. The zero-order chi connectivity index (χ0) is 8.69. The monoisotopic (exact) mass is 159 g/mol. The highest BCUT2D eigenvalue weighted by atomic mass is 16.2. The number of carbonyl (C=O) groups excluding carboxylic acids is 1. The summed E-state index contributed by atoms with van der Waals surface area (Å²) < 4.78 is 0. The Morgan fingerprint density at radius 2 is 2.09 bits per heavy atom. The third-order valence-corrected chi connectivity index (χ3v) is 1.46. The molecular formula is C7H17N3O. The van der Waals surface area contributed by atoms with E-state index in [0.29, 0.717) is 0 Å². The van der Waals surface area contributed by atoms with Crippen LogP contribution >= 0.6 is 0 Å². The van der Waals surface area contributed by atoms with Crippen LogP contribution in [0.5, 0.6) is 0 Å². The van der Waals surface area contributed by atoms with Gasteiger partial charge in [-0.15, -0.1) is 0 Å². The van der Waals surface area contributed by atoms with Gasteiger partial charge in [-0.3, -0.25) is 10.2 Å². The van der Waals surface area contributed by atoms with Crippen LogP contribution in [-0.2, 0) is 4.79 Å². The second kappa shape index (κ2) is 6.12. The topological polar surface area (TPSA) is 53.2 Å². The zero-order valence-electron chi connectivity index (χ0n) is 7.40. The van der Waals surface area contributed by atoms with Crippen molar-refractivity contribution in [2.24, 2.45) is 0 Å². The van der Waals surface area contributed by atoms with Gasteiger partial charge in [0.2, 0.25) is 0 Å². The summed E-state index contributed by atoms with van der Waals surface area (Å²) in [7, 11) is 1.78. The summed E-state index contributed by atoms with van der Waals surface area (Å²) in [6, 6.07) is -0.0888. The highest BCUT2D eigenvalue weighted by molar-refractivity contribution is 5.81. The SMILES string of the molecule is CCNNC(=O)C(CC)NC. The molecule has 66 valence electrons. The second-order valence-electron chi connectivity index (χ2n) is 2.27. The van der Waals surface area contributed by atoms with Crippen molar-refractivity contribution >= 4 is 5.91 Å². The highest BCUT2D eigenvalue weighted by Gasteiger charge is 2.11. The number of nitrogens with one attached hydrogen (secondary N) is 3. The van der Waals surface area contributed by atoms with Crippen LogP contribution < -0.4 is 16.2 Å². The maximum Gasteiger partial charge on any atom is 0.251 e. The number of likely N-dealkylation sites (N-methyl/N-ethyl adjacent to an activating group) is 1. The minimum absolute atomic E-state index is 0.00292. The van der Waals surface area contributed by atoms with Gasteiger partial charge in [0.25, 0.3) is 5.91 Å². The Hall–Kier alpha value is -0.610. The molecule has 0 heterocycles. The lowest BCUT2D eigenvalue weighted by Gasteiger charge is -2.13. The first-order valence-electron chi connectivity index (χ1n) is 3.96. The average Bonchev–Trinajstić information content (AvgIpc) is 2.03. The van der Waals surface area contributed by atoms with Gasteiger partial charge in [0.05, 0.1) is 6.04 Å². The summed E-state index contributed by atoms with van der Waals surface area (Å²) >= 11 is 0. The van der Waals surface area contributed by atoms with Gasteiger partial charge in [0.15, 0.2) is 0 Å². The van der Waals surface area contributed by atoms with Gasteiger partial charge in [-0.05, 0) is 13.5 Å². The van der Waals surface area contributed by atoms with E-state index in [1.54, 1.807) is 7.05 Å². The first-order chi connectivity index (χ1) is 5.26. The van der Waals surface area contributed by atoms with Crippen molar-refractivity contribution in [3.05, 3.63) is 0 Å². The zero-order valence-corrected chi connectivity index (χ0v) is 7.40. The fraction of sp³-hybridized carbons (Fsp3) is 0.857. The summed E-state index contributed by atoms with van der Waals surface area (Å²) in [5.74, 6) is -0.00292. The van der Waals surface area contributed by atoms with Crippen molar-refractivity contribution in [1.29, 1.82) is 0 Å². The molecule has 1 amide bonds. The first kappa shape index (κ1) is 10.4. The van der Waals surface area contributed by atoms with Crippen LogP contribution in [0.25, 0.3) is 0 Å². The predicted octanol–water partition coefficient (Wildman–Crippen LogP) is -0.375. The normalized spacial score (nSPS) is 12.6. The van der Waals surface area contributed by atoms with Crippen molar-refractivity contribution < 1.29 is 4.79 Å². The van der Waals surface area contributed by atoms with E-state index in [1.165, 1.54) is 0 Å². The number of hydrazine groups is 1. The van der Waals surface area contributed by atoms with Crippen LogP contribution in [0.4, 0.5) is 0 Å². The predicted molar refractivity (Wildman–Crippen MR) is 45.0 cm³/mol. The van der Waals surface area contributed by atoms with Gasteiger partial charge in [0.1, 0.15) is 0 Å². The molecule has 0 aromatic carbocycles. The van der Waals surface area contributed by atoms with E-state index in [9.17, 15) is 4.79 Å². The molecule has 0 fully saturated rings. The average molecular weight is 159 g/mol. The lowest BCUT2D eigenvalue weighted by molar-refractivity contribution is -0.124. The lowest BCUT2D eigenvalue weighted by atomic mass is 10.2. The van der Waals surface area contributed by atoms with Crippen LogP contribution in [0, 0.1) is 0 Å². The summed E-state index contributed by atoms with van der Waals surface area (Å²) in [4.78, 5) is 11.1. The minimum atomic E-state index is -0.0888. The van der Waals surface area contributed by atoms with Gasteiger partial charge in [-0.2, -0.15) is 0 Å². The number of hydrogen-bond acceptors (Lipinski definition) is 3. The number of hydrogen-bond donors (Lipinski definition) is 3. The molecule has 1 unspecified atom stereocenters. The highest BCUT2D eigenvalue weighted by Crippen LogP contribution is 1.87. The fourth-order valence-electron chi connectivity index (χ4n) is 0.783. The Bertz CT molecular complexity index is 112. The minimum Gasteiger partial charge on any atom is -0.309 e. The molecule has 1 atom stereocenters. The fourth-order valence-corrected chi connectivity index (χ4v) is 0.783. The molecule has 0 spiro atoms. The number of amides is 1. The van der Waals surface area contributed by atoms with E-state index in [-0.39, 0.29) is 11.9 Å². The molecule has 4 nitrogen and oxygen atoms in total. The first-order valence-corrected chi connectivity index (χ1v) is 3.96. The third kappa shape index (κ3) is 3.95. The van der Waals surface area contributed by atoms with E-state index in [0.717, 1.165) is 13.0 Å². The van der Waals surface area contributed by atoms with Gasteiger partial charge in [-0.1, -0.05) is 13.8 Å². The molecular weight excluding hydrogens is 142 g/mol. The third-order valence-electron chi connectivity index (χ3n) is 1.46. The molecule has 11 heavy (non-hydrogen) atoms. The van der Waals surface area contributed by atoms with Crippen molar-refractivity contribution in [1.82, 2.24) is 16.2 Å². The molecule has 0 aliphatic carbocycles. The quantitative estimate of drug-likeness (QED) is 0.479. The van der Waals surface area contributed by atoms with E-state index in [4.69, 9.17) is 0 Å². The van der Waals surface area contributed by atoms with Gasteiger partial charge in [-0.25, -0.2) is 5.43 Å². The second-order valence-corrected chi connectivity index (χ2v) is 2.27. The van der Waals surface area contributed by atoms with Crippen LogP contribution in [0.3, 0.4) is 0 Å². The van der Waals surface area contributed by atoms with Gasteiger partial charge < -0.3 is 5.32 Å². The summed E-state index contributed by atoms with van der Waals surface area (Å²) in [6.07, 6.45) is 0.799. The Morgan fingerprint density at radius 1 is 1.45 bits per heavy atom. The molecule has 4 heteroatoms. The Morgan fingerprint density at radius 3 is 2.45 bits per heavy atom. The molecule has 0 aliphatic rings. The van der Waals surface area contributed by atoms with Gasteiger partial charge in [0, 0.05) is 6.54 Å². The number of rotatable bonds is 5. The Kier molecular flexibility index (Phi) is 5.78. The maximum atomic E-state index is 11.1. The van der Waals surface area contributed by atoms with Crippen molar-refractivity contribution in [2.75, 3.05) is 13.6 Å². The van der Waals surface area contributed by atoms with Gasteiger partial charge >= 0.3 is 0 Å². The molecule has 3 N–H and O–H groups in total. The molecule has 0 radical (unpaired) electrons. The van der Waals surface area contributed by atoms with E-state index in [2.05, 4.69) is 16.2 Å². The Labute approximate surface area is 67.7 Å². The molecule has 0 aliphatic heterocycles. The largest absolute Gasteiger partial charge is 0.309 e. The van der Waals surface area contributed by atoms with E-state index < -0.39 is 0 Å². The molecule has 0 aromatic heterocycles. The standard InChI is InChI=1S/C7H17N3O/c1-4-6(8-3)7(11)10-9-5-2/h6,8-9H,4-5H2,1-3H3,(H,10,11). The van der Waals surface area contributed by atoms with Crippen LogP contribution in [0.1, 0.15) is 20.3 Å². The van der Waals surface area contributed by atoms with Crippen molar-refractivity contribution in [3.8, 4) is 0 Å². The van der Waals surface area contributed by atoms with Crippen LogP contribution in [0.2, 0.25) is 0 Å². The number of carbonyl (C=O) groups is 1. The molecule has 0 bridgehead atoms. The smallest absolute Gasteiger partial charge is 0.251 e. The van der Waals surface area contributed by atoms with E-state index >= 15 is 0 Å². The molecule has 0 aromatic rings. The maximum absolute atomic E-state index is 11.1. The molecule has 0 saturated carbocycles. The summed E-state index contributed by atoms with van der Waals surface area (Å²) in [6.45, 7) is 4.64. The van der Waals surface area contributed by atoms with Crippen LogP contribution in [0.15, 0.2) is 0 Å². The molecule has 0 rings (SSSR count). The lowest BCUT2D eigenvalue weighted by Crippen LogP contribution is -2.47. The summed E-state index contributed by atoms with van der Waals surface area (Å²) in [5.41, 5.74) is 5.34. The summed E-state index contributed by atoms with van der Waals surface area (Å²) in [5, 5.41) is 2.91. The van der Waals surface area contributed by atoms with Crippen molar-refractivity contribution in [2.45, 2.75) is 26.3 Å². The van der Waals surface area contributed by atoms with Crippen molar-refractivity contribution in [3.63, 3.8) is 0 Å². The van der Waals surface area contributed by atoms with Crippen LogP contribution in [-0.4, -0.2) is 25.5 Å².